The Hall–Kier alpha value is -3.30. The summed E-state index contributed by atoms with van der Waals surface area (Å²) >= 11 is 0. The molecule has 0 heterocycles. The predicted molar refractivity (Wildman–Crippen MR) is 114 cm³/mol. The molecule has 0 fully saturated rings. The lowest BCUT2D eigenvalue weighted by Crippen LogP contribution is -2.16. The first-order valence-corrected chi connectivity index (χ1v) is 9.25. The van der Waals surface area contributed by atoms with Crippen molar-refractivity contribution in [1.82, 2.24) is 0 Å². The molecule has 0 radical (unpaired) electrons. The quantitative estimate of drug-likeness (QED) is 0.386. The number of hydrogen-bond donors (Lipinski definition) is 1. The summed E-state index contributed by atoms with van der Waals surface area (Å²) in [4.78, 5) is 0. The number of phenolic OH excluding ortho intramolecular Hbond substituents is 1. The summed E-state index contributed by atoms with van der Waals surface area (Å²) in [5.74, 6) is 1.05. The van der Waals surface area contributed by atoms with Crippen LogP contribution in [0, 0.1) is 0 Å². The van der Waals surface area contributed by atoms with E-state index in [2.05, 4.69) is 0 Å². The van der Waals surface area contributed by atoms with Crippen LogP contribution in [0.4, 0.5) is 0 Å². The molecule has 3 aromatic rings. The van der Waals surface area contributed by atoms with Gasteiger partial charge in [-0.3, -0.25) is 0 Å². The monoisotopic (exact) mass is 372 g/mol. The Kier molecular flexibility index (Phi) is 7.05. The zero-order valence-electron chi connectivity index (χ0n) is 15.9. The Morgan fingerprint density at radius 2 is 1.36 bits per heavy atom. The molecule has 0 saturated heterocycles. The normalized spacial score (nSPS) is 12.5. The summed E-state index contributed by atoms with van der Waals surface area (Å²) in [5.41, 5.74) is 3.25. The summed E-state index contributed by atoms with van der Waals surface area (Å²) in [6.45, 7) is 2.42. The van der Waals surface area contributed by atoms with E-state index in [-0.39, 0.29) is 12.0 Å². The minimum Gasteiger partial charge on any atom is -0.508 e. The number of aromatic hydroxyl groups is 1. The van der Waals surface area contributed by atoms with Crippen LogP contribution in [0.2, 0.25) is 0 Å². The van der Waals surface area contributed by atoms with Gasteiger partial charge < -0.3 is 14.6 Å². The smallest absolute Gasteiger partial charge is 0.197 e. The molecular weight excluding hydrogens is 348 g/mol. The Morgan fingerprint density at radius 1 is 0.786 bits per heavy atom. The Bertz CT molecular complexity index is 895. The zero-order valence-corrected chi connectivity index (χ0v) is 15.9. The van der Waals surface area contributed by atoms with Gasteiger partial charge in [-0.05, 0) is 47.9 Å². The van der Waals surface area contributed by atoms with Gasteiger partial charge in [0.2, 0.25) is 0 Å². The molecular formula is C25H24O3. The van der Waals surface area contributed by atoms with Crippen molar-refractivity contribution in [3.8, 4) is 11.5 Å². The van der Waals surface area contributed by atoms with E-state index < -0.39 is 0 Å². The molecule has 0 spiro atoms. The first-order valence-electron chi connectivity index (χ1n) is 9.25. The van der Waals surface area contributed by atoms with Crippen molar-refractivity contribution in [2.24, 2.45) is 0 Å². The molecule has 0 aliphatic rings. The van der Waals surface area contributed by atoms with E-state index in [1.165, 1.54) is 0 Å². The fourth-order valence-electron chi connectivity index (χ4n) is 2.59. The van der Waals surface area contributed by atoms with Crippen molar-refractivity contribution in [1.29, 1.82) is 0 Å². The van der Waals surface area contributed by atoms with Gasteiger partial charge in [-0.25, -0.2) is 0 Å². The molecule has 1 N–H and O–H groups in total. The largest absolute Gasteiger partial charge is 0.508 e. The molecule has 3 aromatic carbocycles. The third-order valence-electron chi connectivity index (χ3n) is 4.09. The maximum Gasteiger partial charge on any atom is 0.197 e. The third kappa shape index (κ3) is 6.45. The van der Waals surface area contributed by atoms with Gasteiger partial charge >= 0.3 is 0 Å². The second kappa shape index (κ2) is 10.1. The summed E-state index contributed by atoms with van der Waals surface area (Å²) in [7, 11) is 0. The van der Waals surface area contributed by atoms with Gasteiger partial charge in [0.15, 0.2) is 6.29 Å². The maximum atomic E-state index is 9.28. The highest BCUT2D eigenvalue weighted by Gasteiger charge is 2.04. The molecule has 0 bridgehead atoms. The summed E-state index contributed by atoms with van der Waals surface area (Å²) in [6.07, 6.45) is 7.63. The van der Waals surface area contributed by atoms with E-state index in [4.69, 9.17) is 9.47 Å². The molecule has 0 aliphatic carbocycles. The molecule has 0 amide bonds. The molecule has 0 saturated carbocycles. The highest BCUT2D eigenvalue weighted by Crippen LogP contribution is 2.16. The Balaban J connectivity index is 1.46. The van der Waals surface area contributed by atoms with Gasteiger partial charge in [0.1, 0.15) is 11.5 Å². The maximum absolute atomic E-state index is 9.28. The number of benzene rings is 3. The molecule has 0 aliphatic heterocycles. The predicted octanol–water partition coefficient (Wildman–Crippen LogP) is 6.06. The Morgan fingerprint density at radius 3 is 1.96 bits per heavy atom. The summed E-state index contributed by atoms with van der Waals surface area (Å²) < 4.78 is 11.5. The molecule has 1 atom stereocenters. The van der Waals surface area contributed by atoms with Gasteiger partial charge in [0.25, 0.3) is 0 Å². The fraction of sp³-hybridized carbons (Fsp3) is 0.120. The minimum absolute atomic E-state index is 0.273. The van der Waals surface area contributed by atoms with E-state index in [1.807, 2.05) is 98.0 Å². The number of ether oxygens (including phenoxy) is 2. The standard InChI is InChI=1S/C25H24O3/c1-20(27-19-23-9-3-2-4-10-23)28-25-17-13-22(14-18-25)8-6-5-7-21-11-15-24(26)16-12-21/h2-18,20,26H,19H2,1H3. The van der Waals surface area contributed by atoms with Gasteiger partial charge in [-0.2, -0.15) is 0 Å². The SMILES string of the molecule is CC(OCc1ccccc1)Oc1ccc(C=CC=Cc2ccc(O)cc2)cc1. The van der Waals surface area contributed by atoms with E-state index in [0.29, 0.717) is 6.61 Å². The van der Waals surface area contributed by atoms with Crippen LogP contribution >= 0.6 is 0 Å². The molecule has 3 nitrogen and oxygen atoms in total. The lowest BCUT2D eigenvalue weighted by atomic mass is 10.2. The van der Waals surface area contributed by atoms with E-state index >= 15 is 0 Å². The van der Waals surface area contributed by atoms with Gasteiger partial charge in [0.05, 0.1) is 6.61 Å². The van der Waals surface area contributed by atoms with Gasteiger partial charge in [-0.1, -0.05) is 78.9 Å². The van der Waals surface area contributed by atoms with E-state index in [9.17, 15) is 5.11 Å². The highest BCUT2D eigenvalue weighted by atomic mass is 16.7. The molecule has 0 aromatic heterocycles. The zero-order chi connectivity index (χ0) is 19.6. The average molecular weight is 372 g/mol. The van der Waals surface area contributed by atoms with E-state index in [0.717, 1.165) is 22.4 Å². The van der Waals surface area contributed by atoms with Crippen LogP contribution in [0.3, 0.4) is 0 Å². The van der Waals surface area contributed by atoms with Crippen LogP contribution in [0.15, 0.2) is 91.0 Å². The minimum atomic E-state index is -0.324. The van der Waals surface area contributed by atoms with Crippen LogP contribution < -0.4 is 4.74 Å². The van der Waals surface area contributed by atoms with Crippen molar-refractivity contribution in [2.45, 2.75) is 19.8 Å². The van der Waals surface area contributed by atoms with E-state index in [1.54, 1.807) is 12.1 Å². The van der Waals surface area contributed by atoms with Crippen LogP contribution in [-0.2, 0) is 11.3 Å². The summed E-state index contributed by atoms with van der Waals surface area (Å²) in [5, 5.41) is 9.28. The number of rotatable bonds is 8. The van der Waals surface area contributed by atoms with Crippen LogP contribution in [0.5, 0.6) is 11.5 Å². The third-order valence-corrected chi connectivity index (χ3v) is 4.09. The van der Waals surface area contributed by atoms with Gasteiger partial charge in [0, 0.05) is 0 Å². The average Bonchev–Trinajstić information content (AvgIpc) is 2.73. The van der Waals surface area contributed by atoms with Crippen molar-refractivity contribution in [3.05, 3.63) is 108 Å². The first kappa shape index (κ1) is 19.5. The highest BCUT2D eigenvalue weighted by molar-refractivity contribution is 5.57. The number of hydrogen-bond acceptors (Lipinski definition) is 3. The van der Waals surface area contributed by atoms with Crippen molar-refractivity contribution in [3.63, 3.8) is 0 Å². The number of allylic oxidation sites excluding steroid dienone is 2. The van der Waals surface area contributed by atoms with Crippen molar-refractivity contribution >= 4 is 12.2 Å². The molecule has 3 rings (SSSR count). The molecule has 3 heteroatoms. The van der Waals surface area contributed by atoms with Gasteiger partial charge in [-0.15, -0.1) is 0 Å². The van der Waals surface area contributed by atoms with Crippen molar-refractivity contribution in [2.75, 3.05) is 0 Å². The second-order valence-corrected chi connectivity index (χ2v) is 6.36. The second-order valence-electron chi connectivity index (χ2n) is 6.36. The van der Waals surface area contributed by atoms with Crippen molar-refractivity contribution < 1.29 is 14.6 Å². The topological polar surface area (TPSA) is 38.7 Å². The number of phenols is 1. The molecule has 1 unspecified atom stereocenters. The van der Waals surface area contributed by atoms with Crippen LogP contribution in [0.25, 0.3) is 12.2 Å². The lowest BCUT2D eigenvalue weighted by Gasteiger charge is -2.15. The summed E-state index contributed by atoms with van der Waals surface area (Å²) in [6, 6.07) is 25.0. The molecule has 28 heavy (non-hydrogen) atoms. The van der Waals surface area contributed by atoms with Crippen LogP contribution in [0.1, 0.15) is 23.6 Å². The molecule has 142 valence electrons. The lowest BCUT2D eigenvalue weighted by molar-refractivity contribution is -0.0759. The van der Waals surface area contributed by atoms with Crippen LogP contribution in [-0.4, -0.2) is 11.4 Å². The fourth-order valence-corrected chi connectivity index (χ4v) is 2.59. The Labute approximate surface area is 166 Å². The first-order chi connectivity index (χ1) is 13.7.